The molecule has 0 saturated heterocycles. The van der Waals surface area contributed by atoms with E-state index in [1.54, 1.807) is 12.3 Å². The number of carbonyl (C=O) groups is 2. The summed E-state index contributed by atoms with van der Waals surface area (Å²) in [6, 6.07) is 5.25. The Morgan fingerprint density at radius 1 is 1.52 bits per heavy atom. The van der Waals surface area contributed by atoms with Gasteiger partial charge in [-0.1, -0.05) is 11.6 Å². The van der Waals surface area contributed by atoms with Gasteiger partial charge < -0.3 is 4.74 Å². The van der Waals surface area contributed by atoms with E-state index in [2.05, 4.69) is 4.98 Å². The standard InChI is InChI=1S/C15H10ClFN2O3S/c1-8-7-23-14(19-8)11(5-18)13(20)6-22-15(21)10-4-9(16)2-3-12(10)17/h2-4,7,11H,6H2,1H3/t11-/m0/s1. The third kappa shape index (κ3) is 4.12. The van der Waals surface area contributed by atoms with Gasteiger partial charge >= 0.3 is 5.97 Å². The first-order valence-corrected chi connectivity index (χ1v) is 7.64. The number of Topliss-reactive ketones (excluding diaryl/α,β-unsaturated/α-hetero) is 1. The van der Waals surface area contributed by atoms with Crippen molar-refractivity contribution in [3.05, 3.63) is 50.7 Å². The van der Waals surface area contributed by atoms with Gasteiger partial charge in [-0.15, -0.1) is 11.3 Å². The zero-order chi connectivity index (χ0) is 17.0. The van der Waals surface area contributed by atoms with Crippen LogP contribution in [-0.4, -0.2) is 23.3 Å². The number of esters is 1. The number of thiazole rings is 1. The first-order chi connectivity index (χ1) is 10.9. The van der Waals surface area contributed by atoms with Crippen LogP contribution in [0, 0.1) is 24.1 Å². The highest BCUT2D eigenvalue weighted by Gasteiger charge is 2.25. The van der Waals surface area contributed by atoms with Gasteiger partial charge in [0.15, 0.2) is 18.3 Å². The second kappa shape index (κ2) is 7.31. The Hall–Kier alpha value is -2.30. The minimum atomic E-state index is -1.12. The highest BCUT2D eigenvalue weighted by molar-refractivity contribution is 7.09. The Bertz CT molecular complexity index is 800. The van der Waals surface area contributed by atoms with Crippen LogP contribution in [0.2, 0.25) is 5.02 Å². The SMILES string of the molecule is Cc1csc([C@@H](C#N)C(=O)COC(=O)c2cc(Cl)ccc2F)n1. The summed E-state index contributed by atoms with van der Waals surface area (Å²) in [5, 5.41) is 11.3. The van der Waals surface area contributed by atoms with Crippen LogP contribution in [0.5, 0.6) is 0 Å². The predicted octanol–water partition coefficient (Wildman–Crippen LogP) is 3.28. The number of ether oxygens (including phenoxy) is 1. The van der Waals surface area contributed by atoms with Crippen molar-refractivity contribution in [1.29, 1.82) is 5.26 Å². The molecule has 0 unspecified atom stereocenters. The van der Waals surface area contributed by atoms with Crippen LogP contribution < -0.4 is 0 Å². The summed E-state index contributed by atoms with van der Waals surface area (Å²) in [5.41, 5.74) is 0.319. The van der Waals surface area contributed by atoms with Crippen molar-refractivity contribution < 1.29 is 18.7 Å². The molecule has 1 aromatic carbocycles. The lowest BCUT2D eigenvalue weighted by molar-refractivity contribution is -0.122. The Morgan fingerprint density at radius 3 is 2.87 bits per heavy atom. The molecule has 0 aliphatic carbocycles. The molecule has 0 bridgehead atoms. The fraction of sp³-hybridized carbons (Fsp3) is 0.200. The van der Waals surface area contributed by atoms with Gasteiger partial charge in [-0.2, -0.15) is 5.26 Å². The lowest BCUT2D eigenvalue weighted by Gasteiger charge is -2.07. The second-order valence-electron chi connectivity index (χ2n) is 4.56. The Kier molecular flexibility index (Phi) is 5.42. The number of hydrogen-bond acceptors (Lipinski definition) is 6. The number of ketones is 1. The molecular formula is C15H10ClFN2O3S. The zero-order valence-corrected chi connectivity index (χ0v) is 13.4. The summed E-state index contributed by atoms with van der Waals surface area (Å²) in [7, 11) is 0. The maximum atomic E-state index is 13.5. The van der Waals surface area contributed by atoms with E-state index in [0.717, 1.165) is 12.1 Å². The number of carbonyl (C=O) groups excluding carboxylic acids is 2. The third-order valence-corrected chi connectivity index (χ3v) is 4.09. The number of rotatable bonds is 5. The van der Waals surface area contributed by atoms with Crippen molar-refractivity contribution in [3.8, 4) is 6.07 Å². The molecule has 1 aromatic heterocycles. The molecule has 0 saturated carbocycles. The molecule has 2 rings (SSSR count). The summed E-state index contributed by atoms with van der Waals surface area (Å²) in [5.74, 6) is -3.58. The Labute approximate surface area is 140 Å². The van der Waals surface area contributed by atoms with E-state index in [1.165, 1.54) is 17.4 Å². The van der Waals surface area contributed by atoms with Crippen molar-refractivity contribution in [1.82, 2.24) is 4.98 Å². The topological polar surface area (TPSA) is 80.0 Å². The van der Waals surface area contributed by atoms with Gasteiger partial charge in [-0.3, -0.25) is 4.79 Å². The zero-order valence-electron chi connectivity index (χ0n) is 11.9. The first-order valence-electron chi connectivity index (χ1n) is 6.39. The average Bonchev–Trinajstić information content (AvgIpc) is 2.94. The van der Waals surface area contributed by atoms with Gasteiger partial charge in [-0.25, -0.2) is 14.2 Å². The summed E-state index contributed by atoms with van der Waals surface area (Å²) >= 11 is 6.86. The Balaban J connectivity index is 2.05. The first kappa shape index (κ1) is 17.1. The molecule has 0 radical (unpaired) electrons. The van der Waals surface area contributed by atoms with E-state index in [0.29, 0.717) is 10.7 Å². The lowest BCUT2D eigenvalue weighted by atomic mass is 10.1. The number of aryl methyl sites for hydroxylation is 1. The van der Waals surface area contributed by atoms with E-state index < -0.39 is 30.1 Å². The molecule has 8 heteroatoms. The normalized spacial score (nSPS) is 11.6. The van der Waals surface area contributed by atoms with Gasteiger partial charge in [0.25, 0.3) is 0 Å². The van der Waals surface area contributed by atoms with Gasteiger partial charge in [0.2, 0.25) is 0 Å². The van der Waals surface area contributed by atoms with E-state index in [-0.39, 0.29) is 10.6 Å². The average molecular weight is 353 g/mol. The van der Waals surface area contributed by atoms with E-state index in [1.807, 2.05) is 6.07 Å². The lowest BCUT2D eigenvalue weighted by Crippen LogP contribution is -2.20. The fourth-order valence-corrected chi connectivity index (χ4v) is 2.75. The van der Waals surface area contributed by atoms with Gasteiger partial charge in [0.1, 0.15) is 10.8 Å². The van der Waals surface area contributed by atoms with Gasteiger partial charge in [0.05, 0.1) is 11.6 Å². The molecule has 5 nitrogen and oxygen atoms in total. The minimum absolute atomic E-state index is 0.165. The number of benzene rings is 1. The fourth-order valence-electron chi connectivity index (χ4n) is 1.72. The Morgan fingerprint density at radius 2 is 2.26 bits per heavy atom. The number of hydrogen-bond donors (Lipinski definition) is 0. The molecule has 0 aliphatic heterocycles. The summed E-state index contributed by atoms with van der Waals surface area (Å²) in [6.45, 7) is 1.09. The smallest absolute Gasteiger partial charge is 0.341 e. The number of aromatic nitrogens is 1. The van der Waals surface area contributed by atoms with E-state index >= 15 is 0 Å². The highest BCUT2D eigenvalue weighted by Crippen LogP contribution is 2.21. The van der Waals surface area contributed by atoms with Crippen LogP contribution in [-0.2, 0) is 9.53 Å². The van der Waals surface area contributed by atoms with Crippen molar-refractivity contribution in [3.63, 3.8) is 0 Å². The molecule has 0 aliphatic rings. The number of nitriles is 1. The van der Waals surface area contributed by atoms with Crippen LogP contribution >= 0.6 is 22.9 Å². The quantitative estimate of drug-likeness (QED) is 0.771. The van der Waals surface area contributed by atoms with Crippen LogP contribution in [0.15, 0.2) is 23.6 Å². The van der Waals surface area contributed by atoms with Crippen LogP contribution in [0.25, 0.3) is 0 Å². The van der Waals surface area contributed by atoms with Gasteiger partial charge in [-0.05, 0) is 25.1 Å². The number of nitrogens with zero attached hydrogens (tertiary/aromatic N) is 2. The largest absolute Gasteiger partial charge is 0.454 e. The molecule has 2 aromatic rings. The van der Waals surface area contributed by atoms with Crippen LogP contribution in [0.1, 0.15) is 27.0 Å². The summed E-state index contributed by atoms with van der Waals surface area (Å²) in [6.07, 6.45) is 0. The molecule has 0 N–H and O–H groups in total. The second-order valence-corrected chi connectivity index (χ2v) is 5.88. The molecule has 118 valence electrons. The molecule has 0 fully saturated rings. The summed E-state index contributed by atoms with van der Waals surface area (Å²) in [4.78, 5) is 27.9. The van der Waals surface area contributed by atoms with E-state index in [4.69, 9.17) is 21.6 Å². The van der Waals surface area contributed by atoms with Crippen molar-refractivity contribution in [2.75, 3.05) is 6.61 Å². The third-order valence-electron chi connectivity index (χ3n) is 2.83. The molecule has 0 amide bonds. The molecule has 0 spiro atoms. The van der Waals surface area contributed by atoms with Crippen LogP contribution in [0.4, 0.5) is 4.39 Å². The van der Waals surface area contributed by atoms with Gasteiger partial charge in [0, 0.05) is 16.1 Å². The predicted molar refractivity (Wildman–Crippen MR) is 81.9 cm³/mol. The van der Waals surface area contributed by atoms with E-state index in [9.17, 15) is 14.0 Å². The summed E-state index contributed by atoms with van der Waals surface area (Å²) < 4.78 is 18.3. The molecule has 1 atom stereocenters. The van der Waals surface area contributed by atoms with Crippen molar-refractivity contribution >= 4 is 34.7 Å². The van der Waals surface area contributed by atoms with Crippen LogP contribution in [0.3, 0.4) is 0 Å². The molecular weight excluding hydrogens is 343 g/mol. The monoisotopic (exact) mass is 352 g/mol. The van der Waals surface area contributed by atoms with Crippen molar-refractivity contribution in [2.45, 2.75) is 12.8 Å². The van der Waals surface area contributed by atoms with Crippen molar-refractivity contribution in [2.24, 2.45) is 0 Å². The molecule has 1 heterocycles. The highest BCUT2D eigenvalue weighted by atomic mass is 35.5. The maximum absolute atomic E-state index is 13.5. The molecule has 23 heavy (non-hydrogen) atoms. The minimum Gasteiger partial charge on any atom is -0.454 e. The maximum Gasteiger partial charge on any atom is 0.341 e. The number of halogens is 2.